The molecule has 120 valence electrons. The van der Waals surface area contributed by atoms with Crippen LogP contribution in [-0.4, -0.2) is 20.1 Å². The van der Waals surface area contributed by atoms with E-state index in [0.29, 0.717) is 17.1 Å². The molecule has 0 bridgehead atoms. The van der Waals surface area contributed by atoms with Crippen molar-refractivity contribution in [3.05, 3.63) is 59.2 Å². The number of aryl methyl sites for hydroxylation is 1. The highest BCUT2D eigenvalue weighted by molar-refractivity contribution is 5.97. The summed E-state index contributed by atoms with van der Waals surface area (Å²) >= 11 is 0. The second-order valence-electron chi connectivity index (χ2n) is 5.68. The van der Waals surface area contributed by atoms with Crippen molar-refractivity contribution >= 4 is 5.91 Å². The molecule has 2 aromatic carbocycles. The van der Waals surface area contributed by atoms with Crippen molar-refractivity contribution in [2.24, 2.45) is 0 Å². The van der Waals surface area contributed by atoms with Gasteiger partial charge in [0, 0.05) is 6.07 Å². The van der Waals surface area contributed by atoms with Crippen LogP contribution in [0.4, 0.5) is 0 Å². The van der Waals surface area contributed by atoms with Gasteiger partial charge in [0.2, 0.25) is 0 Å². The second-order valence-corrected chi connectivity index (χ2v) is 5.68. The van der Waals surface area contributed by atoms with E-state index in [0.717, 1.165) is 19.3 Å². The van der Waals surface area contributed by atoms with E-state index in [9.17, 15) is 4.79 Å². The van der Waals surface area contributed by atoms with Crippen LogP contribution in [0.3, 0.4) is 0 Å². The first-order valence-corrected chi connectivity index (χ1v) is 7.83. The molecular weight excluding hydrogens is 290 g/mol. The average Bonchev–Trinajstić information content (AvgIpc) is 2.61. The van der Waals surface area contributed by atoms with Gasteiger partial charge in [-0.25, -0.2) is 0 Å². The SMILES string of the molecule is COc1ccc(C(=O)NC2CCCc3ccccc32)c(OC)c1. The zero-order valence-corrected chi connectivity index (χ0v) is 13.5. The number of hydrogen-bond donors (Lipinski definition) is 1. The lowest BCUT2D eigenvalue weighted by atomic mass is 9.87. The fourth-order valence-corrected chi connectivity index (χ4v) is 3.13. The van der Waals surface area contributed by atoms with Crippen LogP contribution in [0.2, 0.25) is 0 Å². The highest BCUT2D eigenvalue weighted by Gasteiger charge is 2.23. The molecule has 1 unspecified atom stereocenters. The summed E-state index contributed by atoms with van der Waals surface area (Å²) in [6.45, 7) is 0. The summed E-state index contributed by atoms with van der Waals surface area (Å²) in [5.41, 5.74) is 3.07. The highest BCUT2D eigenvalue weighted by atomic mass is 16.5. The van der Waals surface area contributed by atoms with Crippen LogP contribution in [-0.2, 0) is 6.42 Å². The van der Waals surface area contributed by atoms with Gasteiger partial charge in [-0.1, -0.05) is 24.3 Å². The summed E-state index contributed by atoms with van der Waals surface area (Å²) < 4.78 is 10.5. The molecule has 1 aliphatic carbocycles. The molecule has 1 atom stereocenters. The van der Waals surface area contributed by atoms with Gasteiger partial charge in [0.25, 0.3) is 5.91 Å². The summed E-state index contributed by atoms with van der Waals surface area (Å²) in [6, 6.07) is 13.6. The predicted octanol–water partition coefficient (Wildman–Crippen LogP) is 3.51. The third-order valence-electron chi connectivity index (χ3n) is 4.33. The molecule has 0 heterocycles. The van der Waals surface area contributed by atoms with E-state index in [1.54, 1.807) is 32.4 Å². The van der Waals surface area contributed by atoms with Gasteiger partial charge in [-0.3, -0.25) is 4.79 Å². The predicted molar refractivity (Wildman–Crippen MR) is 89.1 cm³/mol. The topological polar surface area (TPSA) is 47.6 Å². The molecule has 0 radical (unpaired) electrons. The van der Waals surface area contributed by atoms with E-state index in [-0.39, 0.29) is 11.9 Å². The summed E-state index contributed by atoms with van der Waals surface area (Å²) in [6.07, 6.45) is 3.12. The molecule has 23 heavy (non-hydrogen) atoms. The van der Waals surface area contributed by atoms with E-state index in [1.807, 2.05) is 6.07 Å². The molecule has 0 saturated carbocycles. The molecule has 1 aliphatic rings. The van der Waals surface area contributed by atoms with Crippen LogP contribution < -0.4 is 14.8 Å². The summed E-state index contributed by atoms with van der Waals surface area (Å²) in [7, 11) is 3.15. The maximum atomic E-state index is 12.7. The molecule has 0 fully saturated rings. The molecule has 2 aromatic rings. The molecule has 1 N–H and O–H groups in total. The molecule has 3 rings (SSSR count). The first kappa shape index (κ1) is 15.4. The second kappa shape index (κ2) is 6.73. The Hall–Kier alpha value is -2.49. The van der Waals surface area contributed by atoms with Crippen molar-refractivity contribution < 1.29 is 14.3 Å². The van der Waals surface area contributed by atoms with Gasteiger partial charge >= 0.3 is 0 Å². The molecule has 4 nitrogen and oxygen atoms in total. The van der Waals surface area contributed by atoms with Gasteiger partial charge in [-0.2, -0.15) is 0 Å². The number of carbonyl (C=O) groups is 1. The Morgan fingerprint density at radius 2 is 1.96 bits per heavy atom. The van der Waals surface area contributed by atoms with Crippen molar-refractivity contribution in [2.75, 3.05) is 14.2 Å². The standard InChI is InChI=1S/C19H21NO3/c1-22-14-10-11-16(18(12-14)23-2)19(21)20-17-9-5-7-13-6-3-4-8-15(13)17/h3-4,6,8,10-12,17H,5,7,9H2,1-2H3,(H,20,21). The maximum absolute atomic E-state index is 12.7. The maximum Gasteiger partial charge on any atom is 0.255 e. The number of rotatable bonds is 4. The number of fused-ring (bicyclic) bond motifs is 1. The van der Waals surface area contributed by atoms with Crippen LogP contribution in [0.1, 0.15) is 40.4 Å². The Morgan fingerprint density at radius 1 is 1.13 bits per heavy atom. The van der Waals surface area contributed by atoms with Gasteiger partial charge in [-0.05, 0) is 42.5 Å². The van der Waals surface area contributed by atoms with E-state index in [1.165, 1.54) is 11.1 Å². The number of amides is 1. The normalized spacial score (nSPS) is 16.3. The first-order valence-electron chi connectivity index (χ1n) is 7.83. The van der Waals surface area contributed by atoms with Crippen LogP contribution in [0.5, 0.6) is 11.5 Å². The zero-order chi connectivity index (χ0) is 16.2. The average molecular weight is 311 g/mol. The lowest BCUT2D eigenvalue weighted by molar-refractivity contribution is 0.0929. The lowest BCUT2D eigenvalue weighted by Crippen LogP contribution is -2.31. The fourth-order valence-electron chi connectivity index (χ4n) is 3.13. The molecule has 0 aliphatic heterocycles. The van der Waals surface area contributed by atoms with Crippen molar-refractivity contribution in [3.63, 3.8) is 0 Å². The minimum atomic E-state index is -0.119. The quantitative estimate of drug-likeness (QED) is 0.940. The van der Waals surface area contributed by atoms with Gasteiger partial charge < -0.3 is 14.8 Å². The Labute approximate surface area is 136 Å². The van der Waals surface area contributed by atoms with E-state index in [2.05, 4.69) is 23.5 Å². The first-order chi connectivity index (χ1) is 11.2. The van der Waals surface area contributed by atoms with Crippen molar-refractivity contribution in [3.8, 4) is 11.5 Å². The number of hydrogen-bond acceptors (Lipinski definition) is 3. The highest BCUT2D eigenvalue weighted by Crippen LogP contribution is 2.31. The minimum Gasteiger partial charge on any atom is -0.497 e. The number of nitrogens with one attached hydrogen (secondary N) is 1. The monoisotopic (exact) mass is 311 g/mol. The van der Waals surface area contributed by atoms with Crippen LogP contribution in [0, 0.1) is 0 Å². The van der Waals surface area contributed by atoms with Crippen LogP contribution in [0.15, 0.2) is 42.5 Å². The molecule has 0 spiro atoms. The van der Waals surface area contributed by atoms with Gasteiger partial charge in [0.05, 0.1) is 25.8 Å². The van der Waals surface area contributed by atoms with E-state index >= 15 is 0 Å². The molecule has 1 amide bonds. The van der Waals surface area contributed by atoms with E-state index in [4.69, 9.17) is 9.47 Å². The lowest BCUT2D eigenvalue weighted by Gasteiger charge is -2.26. The van der Waals surface area contributed by atoms with Crippen LogP contribution in [0.25, 0.3) is 0 Å². The minimum absolute atomic E-state index is 0.0549. The summed E-state index contributed by atoms with van der Waals surface area (Å²) in [4.78, 5) is 12.7. The molecular formula is C19H21NO3. The smallest absolute Gasteiger partial charge is 0.255 e. The summed E-state index contributed by atoms with van der Waals surface area (Å²) in [5, 5.41) is 3.14. The Balaban J connectivity index is 1.83. The van der Waals surface area contributed by atoms with Gasteiger partial charge in [-0.15, -0.1) is 0 Å². The fraction of sp³-hybridized carbons (Fsp3) is 0.316. The third kappa shape index (κ3) is 3.16. The van der Waals surface area contributed by atoms with Crippen molar-refractivity contribution in [1.29, 1.82) is 0 Å². The number of benzene rings is 2. The zero-order valence-electron chi connectivity index (χ0n) is 13.5. The number of ether oxygens (including phenoxy) is 2. The largest absolute Gasteiger partial charge is 0.497 e. The molecule has 0 saturated heterocycles. The Kier molecular flexibility index (Phi) is 4.51. The van der Waals surface area contributed by atoms with Gasteiger partial charge in [0.1, 0.15) is 11.5 Å². The number of carbonyl (C=O) groups excluding carboxylic acids is 1. The molecule has 0 aromatic heterocycles. The summed E-state index contributed by atoms with van der Waals surface area (Å²) in [5.74, 6) is 1.07. The van der Waals surface area contributed by atoms with Gasteiger partial charge in [0.15, 0.2) is 0 Å². The third-order valence-corrected chi connectivity index (χ3v) is 4.33. The van der Waals surface area contributed by atoms with Crippen molar-refractivity contribution in [2.45, 2.75) is 25.3 Å². The molecule has 4 heteroatoms. The Morgan fingerprint density at radius 3 is 2.74 bits per heavy atom. The number of methoxy groups -OCH3 is 2. The van der Waals surface area contributed by atoms with E-state index < -0.39 is 0 Å². The van der Waals surface area contributed by atoms with Crippen LogP contribution >= 0.6 is 0 Å². The van der Waals surface area contributed by atoms with Crippen molar-refractivity contribution in [1.82, 2.24) is 5.32 Å². The Bertz CT molecular complexity index is 712.